The summed E-state index contributed by atoms with van der Waals surface area (Å²) in [4.78, 5) is 39.2. The molecule has 1 fully saturated rings. The van der Waals surface area contributed by atoms with Crippen LogP contribution in [0.5, 0.6) is 0 Å². The molecule has 2 atom stereocenters. The van der Waals surface area contributed by atoms with Gasteiger partial charge < -0.3 is 5.32 Å². The fourth-order valence-electron chi connectivity index (χ4n) is 3.38. The Hall–Kier alpha value is -3.26. The quantitative estimate of drug-likeness (QED) is 0.782. The Kier molecular flexibility index (Phi) is 4.79. The van der Waals surface area contributed by atoms with Crippen LogP contribution in [-0.2, 0) is 14.4 Å². The Bertz CT molecular complexity index is 1050. The monoisotopic (exact) mass is 411 g/mol. The van der Waals surface area contributed by atoms with Crippen molar-refractivity contribution in [2.45, 2.75) is 25.9 Å². The molecule has 4 rings (SSSR count). The molecule has 2 aliphatic heterocycles. The number of nitrogens with one attached hydrogen (secondary N) is 1. The summed E-state index contributed by atoms with van der Waals surface area (Å²) in [6.45, 7) is 3.52. The van der Waals surface area contributed by atoms with Crippen LogP contribution in [0, 0.1) is 13.8 Å². The van der Waals surface area contributed by atoms with Crippen LogP contribution in [0.15, 0.2) is 52.8 Å². The zero-order valence-electron chi connectivity index (χ0n) is 15.8. The lowest BCUT2D eigenvalue weighted by atomic mass is 10.1. The SMILES string of the molecule is Cc1ccc(N2C(=O)[C@@H]3N=NN(CC(=O)Nc4ccccc4C)[C@H]3C2=O)cc1Cl. The standard InChI is InChI=1S/C20H18ClN5O3/c1-11-7-8-13(9-14(11)21)26-19(28)17-18(20(26)29)25(24-23-17)10-16(27)22-15-6-4-3-5-12(15)2/h3-9,17-18H,10H2,1-2H3,(H,22,27)/t17-,18-/m1/s1. The zero-order valence-corrected chi connectivity index (χ0v) is 16.6. The Morgan fingerprint density at radius 2 is 1.86 bits per heavy atom. The molecule has 0 bridgehead atoms. The van der Waals surface area contributed by atoms with Gasteiger partial charge >= 0.3 is 0 Å². The molecule has 2 aliphatic rings. The molecule has 148 valence electrons. The van der Waals surface area contributed by atoms with E-state index in [1.165, 1.54) is 5.01 Å². The molecule has 1 N–H and O–H groups in total. The van der Waals surface area contributed by atoms with Crippen LogP contribution in [0.3, 0.4) is 0 Å². The number of rotatable bonds is 4. The first-order valence-electron chi connectivity index (χ1n) is 9.03. The van der Waals surface area contributed by atoms with Gasteiger partial charge in [0.05, 0.1) is 5.69 Å². The van der Waals surface area contributed by atoms with Gasteiger partial charge in [-0.05, 0) is 43.2 Å². The second kappa shape index (κ2) is 7.29. The molecule has 0 unspecified atom stereocenters. The van der Waals surface area contributed by atoms with E-state index >= 15 is 0 Å². The molecular weight excluding hydrogens is 394 g/mol. The van der Waals surface area contributed by atoms with E-state index in [9.17, 15) is 14.4 Å². The van der Waals surface area contributed by atoms with Crippen molar-refractivity contribution in [2.75, 3.05) is 16.8 Å². The Morgan fingerprint density at radius 1 is 1.10 bits per heavy atom. The average molecular weight is 412 g/mol. The van der Waals surface area contributed by atoms with Crippen molar-refractivity contribution in [2.24, 2.45) is 10.3 Å². The predicted molar refractivity (Wildman–Crippen MR) is 108 cm³/mol. The number of halogens is 1. The highest BCUT2D eigenvalue weighted by atomic mass is 35.5. The van der Waals surface area contributed by atoms with E-state index in [0.29, 0.717) is 16.4 Å². The molecule has 0 radical (unpaired) electrons. The number of imide groups is 1. The van der Waals surface area contributed by atoms with Crippen molar-refractivity contribution in [3.05, 3.63) is 58.6 Å². The van der Waals surface area contributed by atoms with Gasteiger partial charge in [0.2, 0.25) is 5.91 Å². The largest absolute Gasteiger partial charge is 0.324 e. The van der Waals surface area contributed by atoms with Crippen LogP contribution < -0.4 is 10.2 Å². The van der Waals surface area contributed by atoms with Crippen LogP contribution in [0.4, 0.5) is 11.4 Å². The summed E-state index contributed by atoms with van der Waals surface area (Å²) < 4.78 is 0. The Morgan fingerprint density at radius 3 is 2.59 bits per heavy atom. The number of hydrogen-bond donors (Lipinski definition) is 1. The summed E-state index contributed by atoms with van der Waals surface area (Å²) >= 11 is 6.14. The fourth-order valence-corrected chi connectivity index (χ4v) is 3.55. The highest BCUT2D eigenvalue weighted by Gasteiger charge is 2.55. The maximum Gasteiger partial charge on any atom is 0.263 e. The molecule has 2 aromatic carbocycles. The van der Waals surface area contributed by atoms with Crippen molar-refractivity contribution < 1.29 is 14.4 Å². The summed E-state index contributed by atoms with van der Waals surface area (Å²) in [7, 11) is 0. The topological polar surface area (TPSA) is 94.4 Å². The van der Waals surface area contributed by atoms with Gasteiger partial charge in [-0.2, -0.15) is 5.11 Å². The molecule has 29 heavy (non-hydrogen) atoms. The number of anilines is 2. The number of carbonyl (C=O) groups is 3. The third-order valence-corrected chi connectivity index (χ3v) is 5.40. The minimum Gasteiger partial charge on any atom is -0.324 e. The van der Waals surface area contributed by atoms with Crippen molar-refractivity contribution in [1.82, 2.24) is 5.01 Å². The summed E-state index contributed by atoms with van der Waals surface area (Å²) in [5.41, 5.74) is 2.81. The molecule has 2 heterocycles. The molecule has 8 nitrogen and oxygen atoms in total. The average Bonchev–Trinajstić information content (AvgIpc) is 3.20. The second-order valence-corrected chi connectivity index (χ2v) is 7.41. The maximum absolute atomic E-state index is 13.0. The number of carbonyl (C=O) groups excluding carboxylic acids is 3. The van der Waals surface area contributed by atoms with Crippen LogP contribution >= 0.6 is 11.6 Å². The summed E-state index contributed by atoms with van der Waals surface area (Å²) in [6, 6.07) is 10.4. The molecule has 2 aromatic rings. The van der Waals surface area contributed by atoms with Gasteiger partial charge in [-0.25, -0.2) is 4.90 Å². The number of amides is 3. The first kappa shape index (κ1) is 19.1. The molecule has 0 saturated carbocycles. The fraction of sp³-hybridized carbons (Fsp3) is 0.250. The molecule has 9 heteroatoms. The smallest absolute Gasteiger partial charge is 0.263 e. The molecule has 0 spiro atoms. The molecule has 0 aromatic heterocycles. The van der Waals surface area contributed by atoms with Gasteiger partial charge in [0.25, 0.3) is 11.8 Å². The molecular formula is C20H18ClN5O3. The van der Waals surface area contributed by atoms with Crippen LogP contribution in [0.1, 0.15) is 11.1 Å². The van der Waals surface area contributed by atoms with E-state index in [-0.39, 0.29) is 12.5 Å². The van der Waals surface area contributed by atoms with Gasteiger partial charge in [0.15, 0.2) is 12.1 Å². The van der Waals surface area contributed by atoms with E-state index in [4.69, 9.17) is 11.6 Å². The summed E-state index contributed by atoms with van der Waals surface area (Å²) in [5, 5.41) is 12.3. The van der Waals surface area contributed by atoms with Crippen LogP contribution in [-0.4, -0.2) is 41.4 Å². The summed E-state index contributed by atoms with van der Waals surface area (Å²) in [6.07, 6.45) is 0. The van der Waals surface area contributed by atoms with E-state index in [1.807, 2.05) is 32.0 Å². The summed E-state index contributed by atoms with van der Waals surface area (Å²) in [5.74, 6) is -1.31. The minimum atomic E-state index is -0.964. The lowest BCUT2D eigenvalue weighted by molar-refractivity contribution is -0.123. The number of nitrogens with zero attached hydrogens (tertiary/aromatic N) is 4. The second-order valence-electron chi connectivity index (χ2n) is 7.00. The molecule has 0 aliphatic carbocycles. The van der Waals surface area contributed by atoms with E-state index in [0.717, 1.165) is 16.0 Å². The van der Waals surface area contributed by atoms with Gasteiger partial charge in [-0.15, -0.1) is 0 Å². The van der Waals surface area contributed by atoms with Crippen molar-refractivity contribution in [3.63, 3.8) is 0 Å². The Balaban J connectivity index is 1.51. The number of fused-ring (bicyclic) bond motifs is 1. The number of benzene rings is 2. The van der Waals surface area contributed by atoms with Gasteiger partial charge in [0.1, 0.15) is 6.54 Å². The van der Waals surface area contributed by atoms with E-state index < -0.39 is 23.9 Å². The van der Waals surface area contributed by atoms with Gasteiger partial charge in [-0.3, -0.25) is 19.4 Å². The predicted octanol–water partition coefficient (Wildman–Crippen LogP) is 2.89. The van der Waals surface area contributed by atoms with Gasteiger partial charge in [-0.1, -0.05) is 41.1 Å². The lowest BCUT2D eigenvalue weighted by Crippen LogP contribution is -2.43. The van der Waals surface area contributed by atoms with E-state index in [1.54, 1.807) is 24.3 Å². The highest BCUT2D eigenvalue weighted by Crippen LogP contribution is 2.33. The van der Waals surface area contributed by atoms with Crippen LogP contribution in [0.2, 0.25) is 5.02 Å². The van der Waals surface area contributed by atoms with Gasteiger partial charge in [0, 0.05) is 10.7 Å². The molecule has 3 amide bonds. The third-order valence-electron chi connectivity index (χ3n) is 5.00. The zero-order chi connectivity index (χ0) is 20.7. The lowest BCUT2D eigenvalue weighted by Gasteiger charge is -2.20. The highest BCUT2D eigenvalue weighted by molar-refractivity contribution is 6.32. The first-order valence-corrected chi connectivity index (χ1v) is 9.41. The van der Waals surface area contributed by atoms with Crippen molar-refractivity contribution in [1.29, 1.82) is 0 Å². The third kappa shape index (κ3) is 3.36. The number of aryl methyl sites for hydroxylation is 2. The first-order chi connectivity index (χ1) is 13.9. The molecule has 1 saturated heterocycles. The normalized spacial score (nSPS) is 20.4. The minimum absolute atomic E-state index is 0.194. The maximum atomic E-state index is 13.0. The van der Waals surface area contributed by atoms with Crippen LogP contribution in [0.25, 0.3) is 0 Å². The number of para-hydroxylation sites is 1. The van der Waals surface area contributed by atoms with E-state index in [2.05, 4.69) is 15.7 Å². The Labute approximate surface area is 172 Å². The van der Waals surface area contributed by atoms with Crippen molar-refractivity contribution >= 4 is 40.7 Å². The van der Waals surface area contributed by atoms with Crippen molar-refractivity contribution in [3.8, 4) is 0 Å². The number of hydrogen-bond acceptors (Lipinski definition) is 6.